The molecule has 0 atom stereocenters. The summed E-state index contributed by atoms with van der Waals surface area (Å²) >= 11 is 0. The molecule has 4 rings (SSSR count). The number of ether oxygens (including phenoxy) is 1. The van der Waals surface area contributed by atoms with E-state index < -0.39 is 13.2 Å². The molecular weight excluding hydrogens is 444 g/mol. The minimum atomic E-state index is -4.95. The predicted octanol–water partition coefficient (Wildman–Crippen LogP) is 4.91. The lowest BCUT2D eigenvalue weighted by atomic mass is 9.99. The zero-order chi connectivity index (χ0) is 23.8. The van der Waals surface area contributed by atoms with Gasteiger partial charge in [0.2, 0.25) is 5.57 Å². The molecule has 2 aromatic carbocycles. The number of aryl methyl sites for hydroxylation is 3. The molecule has 0 saturated heterocycles. The third-order valence-corrected chi connectivity index (χ3v) is 6.22. The normalized spacial score (nSPS) is 12.5. The van der Waals surface area contributed by atoms with Gasteiger partial charge in [-0.15, -0.1) is 0 Å². The molecular formula is C24H23FN3O4P. The van der Waals surface area contributed by atoms with Crippen molar-refractivity contribution in [2.45, 2.75) is 19.8 Å². The first-order chi connectivity index (χ1) is 15.7. The highest BCUT2D eigenvalue weighted by molar-refractivity contribution is 7.56. The van der Waals surface area contributed by atoms with Crippen molar-refractivity contribution in [3.05, 3.63) is 76.5 Å². The van der Waals surface area contributed by atoms with E-state index in [4.69, 9.17) is 20.3 Å². The summed E-state index contributed by atoms with van der Waals surface area (Å²) in [5.41, 5.74) is 9.33. The summed E-state index contributed by atoms with van der Waals surface area (Å²) in [6.45, 7) is 2.05. The van der Waals surface area contributed by atoms with Crippen molar-refractivity contribution >= 4 is 41.3 Å². The monoisotopic (exact) mass is 467 g/mol. The Balaban J connectivity index is 1.70. The van der Waals surface area contributed by atoms with Crippen molar-refractivity contribution in [1.82, 2.24) is 9.97 Å². The van der Waals surface area contributed by atoms with Crippen molar-refractivity contribution in [3.8, 4) is 5.75 Å². The standard InChI is InChI=1S/C24H23FN3O4P/c1-14-9-18(32-2)7-6-17(14)5-3-16-10-20-19-8-4-15(12-22(25)33(29,30)31)11-21(19)28-24(26)23(20)27-13-16/h4,6-13H,3,5H2,1-2H3,(H2,26,28)(H2,29,30,31)/b22-12+. The fourth-order valence-electron chi connectivity index (χ4n) is 3.77. The molecule has 0 aliphatic carbocycles. The summed E-state index contributed by atoms with van der Waals surface area (Å²) in [7, 11) is -3.30. The van der Waals surface area contributed by atoms with Crippen molar-refractivity contribution in [3.63, 3.8) is 0 Å². The van der Waals surface area contributed by atoms with E-state index in [2.05, 4.69) is 23.0 Å². The van der Waals surface area contributed by atoms with Gasteiger partial charge in [0, 0.05) is 17.0 Å². The van der Waals surface area contributed by atoms with E-state index in [-0.39, 0.29) is 11.4 Å². The van der Waals surface area contributed by atoms with Gasteiger partial charge in [-0.2, -0.15) is 4.39 Å². The summed E-state index contributed by atoms with van der Waals surface area (Å²) in [5, 5.41) is 1.58. The molecule has 9 heteroatoms. The number of rotatable bonds is 6. The molecule has 170 valence electrons. The minimum Gasteiger partial charge on any atom is -0.497 e. The van der Waals surface area contributed by atoms with Crippen molar-refractivity contribution in [2.24, 2.45) is 0 Å². The zero-order valence-corrected chi connectivity index (χ0v) is 19.0. The van der Waals surface area contributed by atoms with Gasteiger partial charge in [0.25, 0.3) is 0 Å². The van der Waals surface area contributed by atoms with Gasteiger partial charge in [0.15, 0.2) is 5.82 Å². The Hall–Kier alpha value is -3.32. The van der Waals surface area contributed by atoms with Gasteiger partial charge in [-0.05, 0) is 72.4 Å². The van der Waals surface area contributed by atoms with Gasteiger partial charge in [0.05, 0.1) is 12.6 Å². The van der Waals surface area contributed by atoms with Gasteiger partial charge in [-0.3, -0.25) is 9.55 Å². The van der Waals surface area contributed by atoms with Crippen molar-refractivity contribution in [2.75, 3.05) is 12.8 Å². The van der Waals surface area contributed by atoms with E-state index in [9.17, 15) is 8.96 Å². The highest BCUT2D eigenvalue weighted by Gasteiger charge is 2.20. The summed E-state index contributed by atoms with van der Waals surface area (Å²) in [5.74, 6) is 1.06. The molecule has 0 saturated carbocycles. The number of aromatic nitrogens is 2. The van der Waals surface area contributed by atoms with Crippen LogP contribution in [0.4, 0.5) is 10.2 Å². The van der Waals surface area contributed by atoms with Crippen LogP contribution in [-0.2, 0) is 17.4 Å². The second-order valence-corrected chi connectivity index (χ2v) is 9.33. The van der Waals surface area contributed by atoms with Crippen LogP contribution in [-0.4, -0.2) is 26.9 Å². The number of halogens is 1. The van der Waals surface area contributed by atoms with E-state index in [1.807, 2.05) is 18.2 Å². The SMILES string of the molecule is COc1ccc(CCc2cnc3c(N)nc4cc(/C=C(\F)P(=O)(O)O)ccc4c3c2)c(C)c1. The van der Waals surface area contributed by atoms with E-state index >= 15 is 0 Å². The summed E-state index contributed by atoms with van der Waals surface area (Å²) in [4.78, 5) is 26.8. The quantitative estimate of drug-likeness (QED) is 0.272. The molecule has 33 heavy (non-hydrogen) atoms. The van der Waals surface area contributed by atoms with E-state index in [0.717, 1.165) is 46.6 Å². The number of hydrogen-bond donors (Lipinski definition) is 3. The van der Waals surface area contributed by atoms with Crippen LogP contribution in [0.2, 0.25) is 0 Å². The average molecular weight is 467 g/mol. The van der Waals surface area contributed by atoms with Crippen LogP contribution in [0.1, 0.15) is 22.3 Å². The lowest BCUT2D eigenvalue weighted by molar-refractivity contribution is 0.369. The smallest absolute Gasteiger partial charge is 0.384 e. The Morgan fingerprint density at radius 1 is 1.15 bits per heavy atom. The average Bonchev–Trinajstić information content (AvgIpc) is 2.77. The van der Waals surface area contributed by atoms with Crippen LogP contribution in [0.3, 0.4) is 0 Å². The molecule has 4 N–H and O–H groups in total. The maximum Gasteiger partial charge on any atom is 0.384 e. The maximum absolute atomic E-state index is 13.7. The molecule has 2 heterocycles. The van der Waals surface area contributed by atoms with E-state index in [1.165, 1.54) is 11.6 Å². The second-order valence-electron chi connectivity index (χ2n) is 7.82. The number of nitrogen functional groups attached to an aromatic ring is 1. The fraction of sp³-hybridized carbons (Fsp3) is 0.167. The molecule has 0 fully saturated rings. The van der Waals surface area contributed by atoms with Crippen molar-refractivity contribution in [1.29, 1.82) is 0 Å². The topological polar surface area (TPSA) is 119 Å². The first-order valence-electron chi connectivity index (χ1n) is 10.2. The number of nitrogens with zero attached hydrogens (tertiary/aromatic N) is 2. The molecule has 0 amide bonds. The van der Waals surface area contributed by atoms with Crippen molar-refractivity contribution < 1.29 is 23.5 Å². The fourth-order valence-corrected chi connectivity index (χ4v) is 4.09. The summed E-state index contributed by atoms with van der Waals surface area (Å²) in [6, 6.07) is 12.9. The van der Waals surface area contributed by atoms with Crippen LogP contribution in [0.5, 0.6) is 5.75 Å². The number of nitrogens with two attached hydrogens (primary N) is 1. The summed E-state index contributed by atoms with van der Waals surface area (Å²) < 4.78 is 30.1. The highest BCUT2D eigenvalue weighted by atomic mass is 31.2. The molecule has 0 radical (unpaired) electrons. The third-order valence-electron chi connectivity index (χ3n) is 5.54. The minimum absolute atomic E-state index is 0.228. The molecule has 0 bridgehead atoms. The van der Waals surface area contributed by atoms with Gasteiger partial charge in [0.1, 0.15) is 11.3 Å². The molecule has 0 spiro atoms. The first-order valence-corrected chi connectivity index (χ1v) is 11.8. The molecule has 0 aliphatic heterocycles. The van der Waals surface area contributed by atoms with Gasteiger partial charge in [-0.25, -0.2) is 4.98 Å². The van der Waals surface area contributed by atoms with Crippen LogP contribution >= 0.6 is 7.60 Å². The Labute approximate surface area is 189 Å². The largest absolute Gasteiger partial charge is 0.497 e. The lowest BCUT2D eigenvalue weighted by Crippen LogP contribution is -1.99. The lowest BCUT2D eigenvalue weighted by Gasteiger charge is -2.10. The third kappa shape index (κ3) is 4.88. The zero-order valence-electron chi connectivity index (χ0n) is 18.1. The highest BCUT2D eigenvalue weighted by Crippen LogP contribution is 2.46. The molecule has 4 aromatic rings. The number of pyridine rings is 2. The Bertz CT molecular complexity index is 1450. The Morgan fingerprint density at radius 2 is 1.94 bits per heavy atom. The van der Waals surface area contributed by atoms with Crippen LogP contribution < -0.4 is 10.5 Å². The van der Waals surface area contributed by atoms with Crippen LogP contribution in [0.25, 0.3) is 27.9 Å². The van der Waals surface area contributed by atoms with Gasteiger partial charge in [-0.1, -0.05) is 18.2 Å². The molecule has 2 aromatic heterocycles. The second kappa shape index (κ2) is 8.90. The molecule has 0 unspecified atom stereocenters. The van der Waals surface area contributed by atoms with E-state index in [0.29, 0.717) is 11.0 Å². The van der Waals surface area contributed by atoms with Crippen LogP contribution in [0, 0.1) is 6.92 Å². The first kappa shape index (κ1) is 22.9. The number of hydrogen-bond acceptors (Lipinski definition) is 5. The number of fused-ring (bicyclic) bond motifs is 3. The number of benzene rings is 2. The van der Waals surface area contributed by atoms with E-state index in [1.54, 1.807) is 25.4 Å². The Morgan fingerprint density at radius 3 is 2.64 bits per heavy atom. The number of methoxy groups -OCH3 is 1. The maximum atomic E-state index is 13.7. The number of anilines is 1. The Kier molecular flexibility index (Phi) is 6.17. The van der Waals surface area contributed by atoms with Gasteiger partial charge < -0.3 is 20.3 Å². The predicted molar refractivity (Wildman–Crippen MR) is 128 cm³/mol. The van der Waals surface area contributed by atoms with Gasteiger partial charge >= 0.3 is 7.60 Å². The van der Waals surface area contributed by atoms with Crippen LogP contribution in [0.15, 0.2) is 54.2 Å². The molecule has 0 aliphatic rings. The molecule has 7 nitrogen and oxygen atoms in total. The summed E-state index contributed by atoms with van der Waals surface area (Å²) in [6.07, 6.45) is 4.19.